The molecule has 2 aromatic rings. The van der Waals surface area contributed by atoms with E-state index in [1.807, 2.05) is 18.7 Å². The third-order valence-corrected chi connectivity index (χ3v) is 3.79. The molecule has 1 atom stereocenters. The van der Waals surface area contributed by atoms with Gasteiger partial charge in [-0.25, -0.2) is 0 Å². The quantitative estimate of drug-likeness (QED) is 0.812. The van der Waals surface area contributed by atoms with Gasteiger partial charge in [-0.15, -0.1) is 10.2 Å². The van der Waals surface area contributed by atoms with E-state index < -0.39 is 0 Å². The van der Waals surface area contributed by atoms with Gasteiger partial charge in [0.25, 0.3) is 0 Å². The van der Waals surface area contributed by atoms with Gasteiger partial charge in [0, 0.05) is 25.6 Å². The highest BCUT2D eigenvalue weighted by molar-refractivity contribution is 5.27. The first-order valence-corrected chi connectivity index (χ1v) is 6.74. The predicted molar refractivity (Wildman–Crippen MR) is 72.3 cm³/mol. The lowest BCUT2D eigenvalue weighted by Crippen LogP contribution is -2.32. The molecule has 1 saturated heterocycles. The summed E-state index contributed by atoms with van der Waals surface area (Å²) in [7, 11) is 4.13. The number of hydrogen-bond donors (Lipinski definition) is 0. The van der Waals surface area contributed by atoms with E-state index in [2.05, 4.69) is 37.9 Å². The summed E-state index contributed by atoms with van der Waals surface area (Å²) in [5.74, 6) is 2.54. The van der Waals surface area contributed by atoms with Crippen LogP contribution in [0, 0.1) is 6.92 Å². The van der Waals surface area contributed by atoms with E-state index >= 15 is 0 Å². The molecule has 3 heterocycles. The minimum absolute atomic E-state index is 0.455. The van der Waals surface area contributed by atoms with E-state index in [0.717, 1.165) is 23.9 Å². The number of rotatable bonds is 2. The van der Waals surface area contributed by atoms with Crippen molar-refractivity contribution in [1.82, 2.24) is 29.4 Å². The minimum atomic E-state index is 0.455. The monoisotopic (exact) mass is 260 g/mol. The van der Waals surface area contributed by atoms with Gasteiger partial charge in [0.2, 0.25) is 0 Å². The number of piperidine rings is 1. The molecule has 6 heteroatoms. The Hall–Kier alpha value is -1.69. The van der Waals surface area contributed by atoms with Crippen LogP contribution < -0.4 is 0 Å². The maximum Gasteiger partial charge on any atom is 0.142 e. The lowest BCUT2D eigenvalue weighted by Gasteiger charge is -2.29. The van der Waals surface area contributed by atoms with Crippen molar-refractivity contribution in [2.45, 2.75) is 25.7 Å². The van der Waals surface area contributed by atoms with E-state index in [1.165, 1.54) is 19.4 Å². The Bertz CT molecular complexity index is 569. The smallest absolute Gasteiger partial charge is 0.142 e. The Morgan fingerprint density at radius 3 is 2.84 bits per heavy atom. The maximum absolute atomic E-state index is 4.40. The minimum Gasteiger partial charge on any atom is -0.306 e. The molecule has 3 rings (SSSR count). The first kappa shape index (κ1) is 12.3. The van der Waals surface area contributed by atoms with Crippen LogP contribution in [0.5, 0.6) is 0 Å². The Balaban J connectivity index is 1.96. The molecule has 2 aromatic heterocycles. The van der Waals surface area contributed by atoms with Crippen molar-refractivity contribution in [1.29, 1.82) is 0 Å². The molecule has 0 bridgehead atoms. The zero-order chi connectivity index (χ0) is 13.4. The second-order valence-corrected chi connectivity index (χ2v) is 5.43. The van der Waals surface area contributed by atoms with E-state index in [9.17, 15) is 0 Å². The van der Waals surface area contributed by atoms with Crippen molar-refractivity contribution in [2.24, 2.45) is 7.05 Å². The molecular formula is C13H20N6. The number of likely N-dealkylation sites (tertiary alicyclic amines) is 1. The van der Waals surface area contributed by atoms with Crippen LogP contribution in [0.3, 0.4) is 0 Å². The van der Waals surface area contributed by atoms with Gasteiger partial charge in [-0.3, -0.25) is 9.25 Å². The lowest BCUT2D eigenvalue weighted by molar-refractivity contribution is 0.244. The first-order valence-electron chi connectivity index (χ1n) is 6.74. The summed E-state index contributed by atoms with van der Waals surface area (Å²) in [5, 5.41) is 12.8. The molecule has 6 nitrogen and oxygen atoms in total. The highest BCUT2D eigenvalue weighted by atomic mass is 15.4. The van der Waals surface area contributed by atoms with Crippen LogP contribution in [0.1, 0.15) is 30.3 Å². The van der Waals surface area contributed by atoms with Crippen molar-refractivity contribution < 1.29 is 0 Å². The molecule has 0 amide bonds. The van der Waals surface area contributed by atoms with Crippen LogP contribution in [0.25, 0.3) is 5.82 Å². The largest absolute Gasteiger partial charge is 0.306 e. The molecule has 0 saturated carbocycles. The fourth-order valence-corrected chi connectivity index (χ4v) is 2.90. The van der Waals surface area contributed by atoms with Crippen molar-refractivity contribution in [3.63, 3.8) is 0 Å². The van der Waals surface area contributed by atoms with Crippen molar-refractivity contribution in [3.8, 4) is 5.82 Å². The molecule has 1 aliphatic heterocycles. The second-order valence-electron chi connectivity index (χ2n) is 5.43. The van der Waals surface area contributed by atoms with E-state index in [1.54, 1.807) is 6.33 Å². The van der Waals surface area contributed by atoms with Gasteiger partial charge >= 0.3 is 0 Å². The third kappa shape index (κ3) is 2.28. The van der Waals surface area contributed by atoms with Crippen LogP contribution in [-0.4, -0.2) is 49.6 Å². The van der Waals surface area contributed by atoms with Gasteiger partial charge in [-0.05, 0) is 33.4 Å². The average molecular weight is 260 g/mol. The van der Waals surface area contributed by atoms with Crippen molar-refractivity contribution in [2.75, 3.05) is 20.1 Å². The molecule has 102 valence electrons. The number of aryl methyl sites for hydroxylation is 2. The summed E-state index contributed by atoms with van der Waals surface area (Å²) < 4.78 is 3.96. The molecule has 1 fully saturated rings. The average Bonchev–Trinajstić information content (AvgIpc) is 2.95. The molecule has 1 aliphatic rings. The molecule has 0 N–H and O–H groups in total. The van der Waals surface area contributed by atoms with Crippen LogP contribution >= 0.6 is 0 Å². The molecule has 0 radical (unpaired) electrons. The summed E-state index contributed by atoms with van der Waals surface area (Å²) in [6.45, 7) is 4.23. The normalized spacial score (nSPS) is 20.9. The molecule has 0 aliphatic carbocycles. The number of likely N-dealkylation sites (N-methyl/N-ethyl adjacent to an activating group) is 1. The van der Waals surface area contributed by atoms with Gasteiger partial charge in [0.1, 0.15) is 18.0 Å². The summed E-state index contributed by atoms with van der Waals surface area (Å²) in [6.07, 6.45) is 4.19. The summed E-state index contributed by atoms with van der Waals surface area (Å²) in [4.78, 5) is 2.36. The van der Waals surface area contributed by atoms with E-state index in [0.29, 0.717) is 5.92 Å². The topological polar surface area (TPSA) is 51.8 Å². The van der Waals surface area contributed by atoms with Gasteiger partial charge in [-0.2, -0.15) is 5.10 Å². The zero-order valence-electron chi connectivity index (χ0n) is 11.7. The van der Waals surface area contributed by atoms with Gasteiger partial charge < -0.3 is 4.90 Å². The lowest BCUT2D eigenvalue weighted by atomic mass is 9.97. The summed E-state index contributed by atoms with van der Waals surface area (Å²) in [6, 6.07) is 2.07. The predicted octanol–water partition coefficient (Wildman–Crippen LogP) is 1.12. The molecular weight excluding hydrogens is 240 g/mol. The maximum atomic E-state index is 4.40. The SMILES string of the molecule is Cc1cc(-n2cnnc2[C@@H]2CCCN(C)C2)n(C)n1. The first-order chi connectivity index (χ1) is 9.15. The van der Waals surface area contributed by atoms with Crippen LogP contribution in [-0.2, 0) is 7.05 Å². The Morgan fingerprint density at radius 2 is 2.16 bits per heavy atom. The van der Waals surface area contributed by atoms with Crippen LogP contribution in [0.4, 0.5) is 0 Å². The van der Waals surface area contributed by atoms with Gasteiger partial charge in [-0.1, -0.05) is 0 Å². The summed E-state index contributed by atoms with van der Waals surface area (Å²) >= 11 is 0. The second kappa shape index (κ2) is 4.77. The standard InChI is InChI=1S/C13H20N6/c1-10-7-12(18(3)16-10)19-9-14-15-13(19)11-5-4-6-17(2)8-11/h7,9,11H,4-6,8H2,1-3H3/t11-/m1/s1. The Labute approximate surface area is 113 Å². The zero-order valence-corrected chi connectivity index (χ0v) is 11.7. The highest BCUT2D eigenvalue weighted by Crippen LogP contribution is 2.26. The fraction of sp³-hybridized carbons (Fsp3) is 0.615. The number of aromatic nitrogens is 5. The number of nitrogens with zero attached hydrogens (tertiary/aromatic N) is 6. The van der Waals surface area contributed by atoms with Crippen LogP contribution in [0.15, 0.2) is 12.4 Å². The van der Waals surface area contributed by atoms with Crippen LogP contribution in [0.2, 0.25) is 0 Å². The Kier molecular flexibility index (Phi) is 3.10. The summed E-state index contributed by atoms with van der Waals surface area (Å²) in [5.41, 5.74) is 1.01. The van der Waals surface area contributed by atoms with E-state index in [4.69, 9.17) is 0 Å². The van der Waals surface area contributed by atoms with Crippen molar-refractivity contribution in [3.05, 3.63) is 23.9 Å². The number of hydrogen-bond acceptors (Lipinski definition) is 4. The molecule has 0 aromatic carbocycles. The third-order valence-electron chi connectivity index (χ3n) is 3.79. The fourth-order valence-electron chi connectivity index (χ4n) is 2.90. The molecule has 0 unspecified atom stereocenters. The van der Waals surface area contributed by atoms with Gasteiger partial charge in [0.15, 0.2) is 0 Å². The highest BCUT2D eigenvalue weighted by Gasteiger charge is 2.24. The van der Waals surface area contributed by atoms with E-state index in [-0.39, 0.29) is 0 Å². The molecule has 19 heavy (non-hydrogen) atoms. The van der Waals surface area contributed by atoms with Crippen molar-refractivity contribution >= 4 is 0 Å². The Morgan fingerprint density at radius 1 is 1.32 bits per heavy atom. The molecule has 0 spiro atoms. The van der Waals surface area contributed by atoms with Gasteiger partial charge in [0.05, 0.1) is 5.69 Å².